The summed E-state index contributed by atoms with van der Waals surface area (Å²) in [6.45, 7) is 8.87. The number of hydrogen-bond donors (Lipinski definition) is 2. The van der Waals surface area contributed by atoms with E-state index in [1.807, 2.05) is 25.7 Å². The molecule has 0 radical (unpaired) electrons. The minimum atomic E-state index is -0.995. The van der Waals surface area contributed by atoms with E-state index in [4.69, 9.17) is 9.84 Å². The first-order valence-corrected chi connectivity index (χ1v) is 7.91. The van der Waals surface area contributed by atoms with Gasteiger partial charge in [-0.3, -0.25) is 0 Å². The van der Waals surface area contributed by atoms with Gasteiger partial charge >= 0.3 is 11.9 Å². The Bertz CT molecular complexity index is 579. The maximum atomic E-state index is 12.4. The van der Waals surface area contributed by atoms with E-state index in [-0.39, 0.29) is 10.8 Å². The van der Waals surface area contributed by atoms with Crippen molar-refractivity contribution in [1.29, 1.82) is 0 Å². The Balaban J connectivity index is 2.25. The number of aromatic nitrogens is 1. The molecule has 1 fully saturated rings. The number of aryl methyl sites for hydroxylation is 1. The number of ether oxygens (including phenoxy) is 1. The first-order valence-electron chi connectivity index (χ1n) is 7.10. The van der Waals surface area contributed by atoms with Gasteiger partial charge in [0.2, 0.25) is 0 Å². The van der Waals surface area contributed by atoms with Crippen LogP contribution in [-0.2, 0) is 9.53 Å². The van der Waals surface area contributed by atoms with Crippen LogP contribution in [0.25, 0.3) is 0 Å². The van der Waals surface area contributed by atoms with Gasteiger partial charge in [-0.05, 0) is 27.7 Å². The summed E-state index contributed by atoms with van der Waals surface area (Å²) in [5.41, 5.74) is -0.0976. The van der Waals surface area contributed by atoms with E-state index in [9.17, 15) is 9.59 Å². The van der Waals surface area contributed by atoms with Crippen molar-refractivity contribution >= 4 is 28.4 Å². The minimum absolute atomic E-state index is 0.205. The second kappa shape index (κ2) is 6.21. The van der Waals surface area contributed by atoms with Gasteiger partial charge in [-0.2, -0.15) is 0 Å². The third kappa shape index (κ3) is 3.75. The molecule has 1 aliphatic heterocycles. The van der Waals surface area contributed by atoms with Gasteiger partial charge in [-0.1, -0.05) is 11.3 Å². The maximum Gasteiger partial charge on any atom is 0.347 e. The molecule has 22 heavy (non-hydrogen) atoms. The Labute approximate surface area is 133 Å². The largest absolute Gasteiger partial charge is 0.477 e. The highest BCUT2D eigenvalue weighted by Crippen LogP contribution is 2.28. The van der Waals surface area contributed by atoms with Crippen LogP contribution in [0.5, 0.6) is 0 Å². The average Bonchev–Trinajstić information content (AvgIpc) is 2.79. The van der Waals surface area contributed by atoms with E-state index in [1.54, 1.807) is 6.92 Å². The molecule has 7 nitrogen and oxygen atoms in total. The fraction of sp³-hybridized carbons (Fsp3) is 0.643. The van der Waals surface area contributed by atoms with Crippen molar-refractivity contribution in [2.75, 3.05) is 24.5 Å². The van der Waals surface area contributed by atoms with E-state index < -0.39 is 17.6 Å². The Morgan fingerprint density at radius 2 is 2.14 bits per heavy atom. The van der Waals surface area contributed by atoms with Gasteiger partial charge < -0.3 is 20.1 Å². The normalized spacial score (nSPS) is 19.1. The predicted octanol–water partition coefficient (Wildman–Crippen LogP) is 1.27. The maximum absolute atomic E-state index is 12.4. The smallest absolute Gasteiger partial charge is 0.347 e. The van der Waals surface area contributed by atoms with Crippen LogP contribution in [0.1, 0.15) is 36.1 Å². The lowest BCUT2D eigenvalue weighted by Crippen LogP contribution is -2.56. The monoisotopic (exact) mass is 327 g/mol. The molecule has 8 heteroatoms. The number of piperazine rings is 1. The predicted molar refractivity (Wildman–Crippen MR) is 83.7 cm³/mol. The van der Waals surface area contributed by atoms with Gasteiger partial charge in [0, 0.05) is 19.6 Å². The number of rotatable bonds is 3. The molecule has 0 aliphatic carbocycles. The molecule has 2 rings (SSSR count). The zero-order valence-corrected chi connectivity index (χ0v) is 14.0. The number of carboxylic acids is 1. The van der Waals surface area contributed by atoms with Crippen molar-refractivity contribution in [3.05, 3.63) is 10.6 Å². The number of carbonyl (C=O) groups is 2. The molecule has 0 spiro atoms. The molecule has 2 N–H and O–H groups in total. The van der Waals surface area contributed by atoms with E-state index in [2.05, 4.69) is 10.3 Å². The lowest BCUT2D eigenvalue weighted by molar-refractivity contribution is -0.156. The number of nitrogens with zero attached hydrogens (tertiary/aromatic N) is 2. The summed E-state index contributed by atoms with van der Waals surface area (Å²) >= 11 is 1.09. The van der Waals surface area contributed by atoms with E-state index >= 15 is 0 Å². The van der Waals surface area contributed by atoms with Crippen LogP contribution in [0.3, 0.4) is 0 Å². The molecule has 1 aliphatic rings. The molecule has 0 aromatic carbocycles. The van der Waals surface area contributed by atoms with Crippen LogP contribution in [0.15, 0.2) is 0 Å². The van der Waals surface area contributed by atoms with Crippen molar-refractivity contribution in [1.82, 2.24) is 10.3 Å². The van der Waals surface area contributed by atoms with Gasteiger partial charge in [0.25, 0.3) is 0 Å². The van der Waals surface area contributed by atoms with Gasteiger partial charge in [-0.15, -0.1) is 0 Å². The molecule has 1 atom stereocenters. The quantitative estimate of drug-likeness (QED) is 0.808. The third-order valence-corrected chi connectivity index (χ3v) is 4.33. The fourth-order valence-corrected chi connectivity index (χ4v) is 3.20. The summed E-state index contributed by atoms with van der Waals surface area (Å²) in [4.78, 5) is 29.9. The molecule has 1 aromatic rings. The van der Waals surface area contributed by atoms with Crippen molar-refractivity contribution < 1.29 is 19.4 Å². The molecule has 122 valence electrons. The molecular formula is C14H21N3O4S. The molecule has 1 unspecified atom stereocenters. The van der Waals surface area contributed by atoms with E-state index in [0.717, 1.165) is 11.3 Å². The highest BCUT2D eigenvalue weighted by molar-refractivity contribution is 7.17. The van der Waals surface area contributed by atoms with Crippen LogP contribution >= 0.6 is 11.3 Å². The lowest BCUT2D eigenvalue weighted by Gasteiger charge is -2.35. The topological polar surface area (TPSA) is 91.8 Å². The standard InChI is InChI=1S/C14H21N3O4S/c1-8-10(11(18)19)22-13(16-8)17-6-5-15-7-9(17)12(20)21-14(2,3)4/h9,15H,5-7H2,1-4H3,(H,18,19). The fourth-order valence-electron chi connectivity index (χ4n) is 2.22. The Morgan fingerprint density at radius 3 is 2.68 bits per heavy atom. The first kappa shape index (κ1) is 16.7. The van der Waals surface area contributed by atoms with Gasteiger partial charge in [-0.25, -0.2) is 14.6 Å². The molecule has 0 bridgehead atoms. The summed E-state index contributed by atoms with van der Waals surface area (Å²) in [5.74, 6) is -1.32. The molecule has 2 heterocycles. The van der Waals surface area contributed by atoms with E-state index in [0.29, 0.717) is 30.5 Å². The number of aromatic carboxylic acids is 1. The molecule has 1 saturated heterocycles. The van der Waals surface area contributed by atoms with Crippen molar-refractivity contribution in [3.8, 4) is 0 Å². The highest BCUT2D eigenvalue weighted by atomic mass is 32.1. The highest BCUT2D eigenvalue weighted by Gasteiger charge is 2.34. The summed E-state index contributed by atoms with van der Waals surface area (Å²) < 4.78 is 5.45. The number of nitrogens with one attached hydrogen (secondary N) is 1. The van der Waals surface area contributed by atoms with Crippen LogP contribution in [-0.4, -0.2) is 53.3 Å². The van der Waals surface area contributed by atoms with Crippen LogP contribution in [0, 0.1) is 6.92 Å². The summed E-state index contributed by atoms with van der Waals surface area (Å²) in [5, 5.41) is 12.9. The van der Waals surface area contributed by atoms with Gasteiger partial charge in [0.05, 0.1) is 5.69 Å². The number of thiazole rings is 1. The Morgan fingerprint density at radius 1 is 1.45 bits per heavy atom. The first-order chi connectivity index (χ1) is 10.2. The third-order valence-electron chi connectivity index (χ3n) is 3.15. The number of carbonyl (C=O) groups excluding carboxylic acids is 1. The summed E-state index contributed by atoms with van der Waals surface area (Å²) in [7, 11) is 0. The van der Waals surface area contributed by atoms with Gasteiger partial charge in [0.1, 0.15) is 16.5 Å². The van der Waals surface area contributed by atoms with Crippen LogP contribution < -0.4 is 10.2 Å². The molecule has 1 aromatic heterocycles. The minimum Gasteiger partial charge on any atom is -0.477 e. The average molecular weight is 327 g/mol. The Kier molecular flexibility index (Phi) is 4.72. The number of esters is 1. The number of anilines is 1. The van der Waals surface area contributed by atoms with Gasteiger partial charge in [0.15, 0.2) is 5.13 Å². The summed E-state index contributed by atoms with van der Waals surface area (Å²) in [6, 6.07) is -0.500. The van der Waals surface area contributed by atoms with Crippen LogP contribution in [0.4, 0.5) is 5.13 Å². The second-order valence-electron chi connectivity index (χ2n) is 6.16. The second-order valence-corrected chi connectivity index (χ2v) is 7.14. The molecular weight excluding hydrogens is 306 g/mol. The zero-order chi connectivity index (χ0) is 16.5. The molecule has 0 saturated carbocycles. The molecule has 0 amide bonds. The zero-order valence-electron chi connectivity index (χ0n) is 13.2. The lowest BCUT2D eigenvalue weighted by atomic mass is 10.1. The van der Waals surface area contributed by atoms with Crippen molar-refractivity contribution in [2.45, 2.75) is 39.3 Å². The van der Waals surface area contributed by atoms with Crippen molar-refractivity contribution in [3.63, 3.8) is 0 Å². The van der Waals surface area contributed by atoms with E-state index in [1.165, 1.54) is 0 Å². The number of carboxylic acid groups (broad SMARTS) is 1. The van der Waals surface area contributed by atoms with Crippen molar-refractivity contribution in [2.24, 2.45) is 0 Å². The number of hydrogen-bond acceptors (Lipinski definition) is 7. The Hall–Kier alpha value is -1.67. The summed E-state index contributed by atoms with van der Waals surface area (Å²) in [6.07, 6.45) is 0. The van der Waals surface area contributed by atoms with Crippen LogP contribution in [0.2, 0.25) is 0 Å². The SMILES string of the molecule is Cc1nc(N2CCNCC2C(=O)OC(C)(C)C)sc1C(=O)O.